The molecule has 1 aromatic rings. The Labute approximate surface area is 136 Å². The molecule has 3 rings (SSSR count). The van der Waals surface area contributed by atoms with E-state index in [0.717, 1.165) is 31.4 Å². The highest BCUT2D eigenvalue weighted by Gasteiger charge is 2.21. The number of ether oxygens (including phenoxy) is 1. The molecule has 2 aliphatic carbocycles. The Balaban J connectivity index is 1.51. The first-order valence-electron chi connectivity index (χ1n) is 8.40. The standard InChI is InChI=1S/C19H23NO3/c1-13(23-18(21)11-14-5-2-3-6-14)19(22)20-17-10-9-15-7-4-8-16(15)12-17/h2,5,9-10,12-14H,3-4,6-8,11H2,1H3,(H,20,22)/t13-,14+/m0/s1. The molecule has 0 aliphatic heterocycles. The van der Waals surface area contributed by atoms with Crippen LogP contribution in [0.5, 0.6) is 0 Å². The lowest BCUT2D eigenvalue weighted by atomic mass is 10.1. The smallest absolute Gasteiger partial charge is 0.307 e. The SMILES string of the molecule is C[C@H](OC(=O)C[C@@H]1C=CCC1)C(=O)Nc1ccc2c(c1)CCC2. The largest absolute Gasteiger partial charge is 0.453 e. The van der Waals surface area contributed by atoms with E-state index in [1.165, 1.54) is 17.5 Å². The van der Waals surface area contributed by atoms with E-state index in [-0.39, 0.29) is 17.8 Å². The fourth-order valence-corrected chi connectivity index (χ4v) is 3.27. The number of hydrogen-bond acceptors (Lipinski definition) is 3. The van der Waals surface area contributed by atoms with E-state index in [1.54, 1.807) is 6.92 Å². The van der Waals surface area contributed by atoms with E-state index >= 15 is 0 Å². The molecule has 2 aliphatic rings. The Morgan fingerprint density at radius 2 is 2.13 bits per heavy atom. The molecule has 23 heavy (non-hydrogen) atoms. The number of carbonyl (C=O) groups excluding carboxylic acids is 2. The third-order valence-corrected chi connectivity index (χ3v) is 4.58. The molecule has 0 saturated heterocycles. The Morgan fingerprint density at radius 1 is 1.30 bits per heavy atom. The van der Waals surface area contributed by atoms with Crippen molar-refractivity contribution in [2.75, 3.05) is 5.32 Å². The van der Waals surface area contributed by atoms with Crippen molar-refractivity contribution in [3.8, 4) is 0 Å². The molecule has 0 radical (unpaired) electrons. The lowest BCUT2D eigenvalue weighted by molar-refractivity contribution is -0.153. The van der Waals surface area contributed by atoms with Gasteiger partial charge in [0.05, 0.1) is 6.42 Å². The van der Waals surface area contributed by atoms with Crippen molar-refractivity contribution < 1.29 is 14.3 Å². The Bertz CT molecular complexity index is 636. The zero-order chi connectivity index (χ0) is 16.2. The van der Waals surface area contributed by atoms with Gasteiger partial charge in [0.25, 0.3) is 5.91 Å². The van der Waals surface area contributed by atoms with Crippen LogP contribution in [0.3, 0.4) is 0 Å². The highest BCUT2D eigenvalue weighted by molar-refractivity contribution is 5.95. The van der Waals surface area contributed by atoms with Gasteiger partial charge in [0.1, 0.15) is 0 Å². The number of allylic oxidation sites excluding steroid dienone is 2. The predicted octanol–water partition coefficient (Wildman–Crippen LogP) is 3.40. The lowest BCUT2D eigenvalue weighted by Crippen LogP contribution is -2.30. The quantitative estimate of drug-likeness (QED) is 0.669. The second kappa shape index (κ2) is 6.99. The number of benzene rings is 1. The van der Waals surface area contributed by atoms with Crippen LogP contribution in [0.4, 0.5) is 5.69 Å². The minimum Gasteiger partial charge on any atom is -0.453 e. The van der Waals surface area contributed by atoms with Crippen LogP contribution in [0.15, 0.2) is 30.4 Å². The maximum Gasteiger partial charge on any atom is 0.307 e. The number of amides is 1. The van der Waals surface area contributed by atoms with Crippen LogP contribution in [0.2, 0.25) is 0 Å². The van der Waals surface area contributed by atoms with Crippen LogP contribution in [-0.4, -0.2) is 18.0 Å². The average molecular weight is 313 g/mol. The van der Waals surface area contributed by atoms with Crippen LogP contribution in [0.25, 0.3) is 0 Å². The number of nitrogens with one attached hydrogen (secondary N) is 1. The molecule has 0 spiro atoms. The van der Waals surface area contributed by atoms with Gasteiger partial charge in [-0.1, -0.05) is 18.2 Å². The summed E-state index contributed by atoms with van der Waals surface area (Å²) >= 11 is 0. The van der Waals surface area contributed by atoms with Crippen LogP contribution in [0, 0.1) is 5.92 Å². The molecule has 0 unspecified atom stereocenters. The molecule has 1 aromatic carbocycles. The summed E-state index contributed by atoms with van der Waals surface area (Å²) in [5, 5.41) is 2.84. The van der Waals surface area contributed by atoms with Crippen molar-refractivity contribution in [2.24, 2.45) is 5.92 Å². The minimum atomic E-state index is -0.777. The van der Waals surface area contributed by atoms with E-state index < -0.39 is 6.10 Å². The van der Waals surface area contributed by atoms with Gasteiger partial charge < -0.3 is 10.1 Å². The first kappa shape index (κ1) is 15.8. The number of anilines is 1. The number of rotatable bonds is 5. The summed E-state index contributed by atoms with van der Waals surface area (Å²) in [4.78, 5) is 24.1. The Kier molecular flexibility index (Phi) is 4.79. The topological polar surface area (TPSA) is 55.4 Å². The van der Waals surface area contributed by atoms with Gasteiger partial charge in [0, 0.05) is 5.69 Å². The summed E-state index contributed by atoms with van der Waals surface area (Å²) in [5.74, 6) is -0.328. The van der Waals surface area contributed by atoms with Crippen LogP contribution < -0.4 is 5.32 Å². The molecule has 1 N–H and O–H groups in total. The highest BCUT2D eigenvalue weighted by Crippen LogP contribution is 2.25. The second-order valence-corrected chi connectivity index (χ2v) is 6.43. The predicted molar refractivity (Wildman–Crippen MR) is 89.1 cm³/mol. The minimum absolute atomic E-state index is 0.259. The lowest BCUT2D eigenvalue weighted by Gasteiger charge is -2.15. The molecule has 0 aromatic heterocycles. The molecule has 0 fully saturated rings. The van der Waals surface area contributed by atoms with Crippen molar-refractivity contribution in [3.63, 3.8) is 0 Å². The normalized spacial score (nSPS) is 20.1. The number of fused-ring (bicyclic) bond motifs is 1. The van der Waals surface area contributed by atoms with Crippen molar-refractivity contribution >= 4 is 17.6 Å². The third-order valence-electron chi connectivity index (χ3n) is 4.58. The second-order valence-electron chi connectivity index (χ2n) is 6.43. The van der Waals surface area contributed by atoms with E-state index in [1.807, 2.05) is 12.1 Å². The summed E-state index contributed by atoms with van der Waals surface area (Å²) in [7, 11) is 0. The molecular formula is C19H23NO3. The fourth-order valence-electron chi connectivity index (χ4n) is 3.27. The summed E-state index contributed by atoms with van der Waals surface area (Å²) in [6.07, 6.45) is 9.09. The first-order valence-corrected chi connectivity index (χ1v) is 8.40. The number of aryl methyl sites for hydroxylation is 2. The molecule has 122 valence electrons. The maximum atomic E-state index is 12.2. The zero-order valence-corrected chi connectivity index (χ0v) is 13.5. The highest BCUT2D eigenvalue weighted by atomic mass is 16.5. The van der Waals surface area contributed by atoms with E-state index in [4.69, 9.17) is 4.74 Å². The fraction of sp³-hybridized carbons (Fsp3) is 0.474. The van der Waals surface area contributed by atoms with Gasteiger partial charge in [0.2, 0.25) is 0 Å². The van der Waals surface area contributed by atoms with Crippen molar-refractivity contribution in [3.05, 3.63) is 41.5 Å². The molecule has 2 atom stereocenters. The molecule has 0 heterocycles. The van der Waals surface area contributed by atoms with Crippen LogP contribution >= 0.6 is 0 Å². The molecule has 1 amide bonds. The molecule has 0 saturated carbocycles. The van der Waals surface area contributed by atoms with Gasteiger partial charge in [-0.15, -0.1) is 0 Å². The Hall–Kier alpha value is -2.10. The summed E-state index contributed by atoms with van der Waals surface area (Å²) in [5.41, 5.74) is 3.45. The number of hydrogen-bond donors (Lipinski definition) is 1. The van der Waals surface area contributed by atoms with Crippen molar-refractivity contribution in [1.82, 2.24) is 0 Å². The number of carbonyl (C=O) groups is 2. The van der Waals surface area contributed by atoms with Crippen LogP contribution in [0.1, 0.15) is 43.7 Å². The number of esters is 1. The van der Waals surface area contributed by atoms with E-state index in [0.29, 0.717) is 6.42 Å². The van der Waals surface area contributed by atoms with Gasteiger partial charge in [-0.2, -0.15) is 0 Å². The van der Waals surface area contributed by atoms with Gasteiger partial charge in [-0.3, -0.25) is 9.59 Å². The zero-order valence-electron chi connectivity index (χ0n) is 13.5. The summed E-state index contributed by atoms with van der Waals surface area (Å²) in [6.45, 7) is 1.62. The molecule has 0 bridgehead atoms. The maximum absolute atomic E-state index is 12.2. The van der Waals surface area contributed by atoms with Gasteiger partial charge in [-0.05, 0) is 68.2 Å². The van der Waals surface area contributed by atoms with Gasteiger partial charge in [0.15, 0.2) is 6.10 Å². The van der Waals surface area contributed by atoms with Gasteiger partial charge in [-0.25, -0.2) is 0 Å². The monoisotopic (exact) mass is 313 g/mol. The van der Waals surface area contributed by atoms with E-state index in [2.05, 4.69) is 23.5 Å². The first-order chi connectivity index (χ1) is 11.1. The van der Waals surface area contributed by atoms with Crippen LogP contribution in [-0.2, 0) is 27.2 Å². The summed E-state index contributed by atoms with van der Waals surface area (Å²) in [6, 6.07) is 6.01. The average Bonchev–Trinajstić information content (AvgIpc) is 3.17. The molecule has 4 nitrogen and oxygen atoms in total. The van der Waals surface area contributed by atoms with Crippen molar-refractivity contribution in [2.45, 2.75) is 51.6 Å². The van der Waals surface area contributed by atoms with Crippen molar-refractivity contribution in [1.29, 1.82) is 0 Å². The Morgan fingerprint density at radius 3 is 2.91 bits per heavy atom. The van der Waals surface area contributed by atoms with Gasteiger partial charge >= 0.3 is 5.97 Å². The molecular weight excluding hydrogens is 290 g/mol. The summed E-state index contributed by atoms with van der Waals surface area (Å²) < 4.78 is 5.25. The third kappa shape index (κ3) is 4.01. The van der Waals surface area contributed by atoms with E-state index in [9.17, 15) is 9.59 Å². The molecule has 4 heteroatoms.